The lowest BCUT2D eigenvalue weighted by molar-refractivity contribution is -0.715. The summed E-state index contributed by atoms with van der Waals surface area (Å²) < 4.78 is 5.00. The average molecular weight is 337 g/mol. The van der Waals surface area contributed by atoms with Crippen LogP contribution in [-0.2, 0) is 14.4 Å². The molecule has 24 heavy (non-hydrogen) atoms. The van der Waals surface area contributed by atoms with Crippen molar-refractivity contribution >= 4 is 11.9 Å². The van der Waals surface area contributed by atoms with E-state index in [0.717, 1.165) is 0 Å². The van der Waals surface area contributed by atoms with Crippen molar-refractivity contribution in [3.05, 3.63) is 41.1 Å². The van der Waals surface area contributed by atoms with Crippen LogP contribution in [0.4, 0.5) is 0 Å². The van der Waals surface area contributed by atoms with Gasteiger partial charge in [0.1, 0.15) is 0 Å². The molecule has 1 aromatic rings. The van der Waals surface area contributed by atoms with Crippen molar-refractivity contribution in [2.24, 2.45) is 11.2 Å². The van der Waals surface area contributed by atoms with E-state index in [1.54, 1.807) is 30.3 Å². The van der Waals surface area contributed by atoms with E-state index >= 15 is 0 Å². The topological polar surface area (TPSA) is 114 Å². The molecule has 2 unspecified atom stereocenters. The normalized spacial score (nSPS) is 19.5. The number of hydrogen-bond donors (Lipinski definition) is 1. The maximum absolute atomic E-state index is 11.8. The third-order valence-corrected chi connectivity index (χ3v) is 3.54. The molecule has 2 atom stereocenters. The molecule has 0 bridgehead atoms. The Morgan fingerprint density at radius 3 is 2.79 bits per heavy atom. The molecule has 1 aromatic carbocycles. The van der Waals surface area contributed by atoms with Crippen molar-refractivity contribution < 1.29 is 29.2 Å². The number of hydrazine groups is 1. The second kappa shape index (κ2) is 8.14. The number of aliphatic carboxylic acids is 1. The van der Waals surface area contributed by atoms with Gasteiger partial charge in [0.2, 0.25) is 5.28 Å². The number of carboxylic acid groups (broad SMARTS) is 1. The predicted octanol–water partition coefficient (Wildman–Crippen LogP) is 1.80. The maximum Gasteiger partial charge on any atom is 0.341 e. The van der Waals surface area contributed by atoms with Crippen LogP contribution in [0.3, 0.4) is 0 Å². The minimum Gasteiger partial charge on any atom is -0.569 e. The van der Waals surface area contributed by atoms with Gasteiger partial charge in [0.05, 0.1) is 29.5 Å². The third kappa shape index (κ3) is 4.83. The van der Waals surface area contributed by atoms with Crippen LogP contribution in [0.2, 0.25) is 0 Å². The number of rotatable bonds is 6. The summed E-state index contributed by atoms with van der Waals surface area (Å²) in [6, 6.07) is 8.34. The molecule has 0 spiro atoms. The fourth-order valence-electron chi connectivity index (χ4n) is 2.29. The summed E-state index contributed by atoms with van der Waals surface area (Å²) in [6.07, 6.45) is 0.0317. The molecule has 1 saturated heterocycles. The number of ether oxygens (including phenoxy) is 1. The van der Waals surface area contributed by atoms with Crippen LogP contribution in [0.5, 0.6) is 0 Å². The Morgan fingerprint density at radius 2 is 2.12 bits per heavy atom. The Balaban J connectivity index is 1.85. The van der Waals surface area contributed by atoms with Crippen LogP contribution in [0.15, 0.2) is 35.6 Å². The van der Waals surface area contributed by atoms with Crippen molar-refractivity contribution in [2.45, 2.75) is 26.1 Å². The van der Waals surface area contributed by atoms with Crippen molar-refractivity contribution in [1.29, 1.82) is 0 Å². The van der Waals surface area contributed by atoms with Gasteiger partial charge in [-0.3, -0.25) is 9.63 Å². The van der Waals surface area contributed by atoms with Gasteiger partial charge in [-0.15, -0.1) is 5.01 Å². The number of piperidine rings is 1. The molecule has 2 rings (SSSR count). The van der Waals surface area contributed by atoms with Gasteiger partial charge >= 0.3 is 11.9 Å². The molecular weight excluding hydrogens is 318 g/mol. The highest BCUT2D eigenvalue weighted by molar-refractivity contribution is 5.89. The molecule has 0 aliphatic carbocycles. The van der Waals surface area contributed by atoms with Gasteiger partial charge < -0.3 is 15.1 Å². The number of carbonyl (C=O) groups excluding carboxylic acids is 1. The third-order valence-electron chi connectivity index (χ3n) is 3.54. The maximum atomic E-state index is 11.8. The van der Waals surface area contributed by atoms with Crippen LogP contribution in [0.1, 0.15) is 30.1 Å². The lowest BCUT2D eigenvalue weighted by Crippen LogP contribution is -2.42. The zero-order valence-electron chi connectivity index (χ0n) is 13.2. The standard InChI is InChI=1S/C15H19N3O6/c1-11(23-15(21)12-6-3-2-4-7-12)24-16-18(22)17-9-5-8-13(10-17)14(19)20/h2-4,6-7,11,13H,5,8-10H2,1H3,(H,19,20)/b18-16-. The van der Waals surface area contributed by atoms with Crippen LogP contribution >= 0.6 is 0 Å². The van der Waals surface area contributed by atoms with E-state index < -0.39 is 24.1 Å². The summed E-state index contributed by atoms with van der Waals surface area (Å²) in [5.41, 5.74) is 0.354. The zero-order chi connectivity index (χ0) is 17.5. The molecule has 0 aromatic heterocycles. The Labute approximate surface area is 138 Å². The molecule has 1 heterocycles. The molecule has 130 valence electrons. The van der Waals surface area contributed by atoms with Crippen LogP contribution in [-0.4, -0.2) is 46.4 Å². The van der Waals surface area contributed by atoms with E-state index in [1.165, 1.54) is 11.9 Å². The van der Waals surface area contributed by atoms with Crippen molar-refractivity contribution in [2.75, 3.05) is 13.1 Å². The highest BCUT2D eigenvalue weighted by Gasteiger charge is 2.30. The number of carboxylic acids is 1. The summed E-state index contributed by atoms with van der Waals surface area (Å²) >= 11 is 0. The molecule has 1 aliphatic heterocycles. The quantitative estimate of drug-likeness (QED) is 0.277. The van der Waals surface area contributed by atoms with Crippen molar-refractivity contribution in [3.63, 3.8) is 0 Å². The molecule has 0 amide bonds. The van der Waals surface area contributed by atoms with Gasteiger partial charge in [0, 0.05) is 6.92 Å². The number of nitrogens with zero attached hydrogens (tertiary/aromatic N) is 3. The van der Waals surface area contributed by atoms with E-state index in [9.17, 15) is 14.8 Å². The summed E-state index contributed by atoms with van der Waals surface area (Å²) in [7, 11) is 0. The van der Waals surface area contributed by atoms with E-state index in [-0.39, 0.29) is 11.5 Å². The van der Waals surface area contributed by atoms with Crippen molar-refractivity contribution in [1.82, 2.24) is 5.01 Å². The van der Waals surface area contributed by atoms with Crippen LogP contribution < -0.4 is 0 Å². The molecule has 0 saturated carbocycles. The van der Waals surface area contributed by atoms with Gasteiger partial charge in [0.15, 0.2) is 0 Å². The zero-order valence-corrected chi connectivity index (χ0v) is 13.2. The average Bonchev–Trinajstić information content (AvgIpc) is 2.60. The minimum absolute atomic E-state index is 0.0594. The molecule has 1 N–H and O–H groups in total. The minimum atomic E-state index is -1.06. The highest BCUT2D eigenvalue weighted by Crippen LogP contribution is 2.16. The van der Waals surface area contributed by atoms with Crippen molar-refractivity contribution in [3.8, 4) is 0 Å². The van der Waals surface area contributed by atoms with Gasteiger partial charge in [-0.25, -0.2) is 4.79 Å². The van der Waals surface area contributed by atoms with E-state index in [2.05, 4.69) is 5.28 Å². The number of carbonyl (C=O) groups is 2. The van der Waals surface area contributed by atoms with E-state index in [1.807, 2.05) is 0 Å². The molecule has 9 nitrogen and oxygen atoms in total. The summed E-state index contributed by atoms with van der Waals surface area (Å²) in [5, 5.41) is 25.4. The molecule has 9 heteroatoms. The lowest BCUT2D eigenvalue weighted by atomic mass is 10.00. The molecule has 0 radical (unpaired) electrons. The first-order valence-electron chi connectivity index (χ1n) is 7.55. The van der Waals surface area contributed by atoms with Gasteiger partial charge in [-0.1, -0.05) is 18.2 Å². The monoisotopic (exact) mass is 337 g/mol. The molecular formula is C15H19N3O6. The summed E-state index contributed by atoms with van der Waals surface area (Å²) in [6.45, 7) is 1.87. The fourth-order valence-corrected chi connectivity index (χ4v) is 2.29. The first kappa shape index (κ1) is 17.5. The van der Waals surface area contributed by atoms with E-state index in [0.29, 0.717) is 24.9 Å². The largest absolute Gasteiger partial charge is 0.569 e. The fraction of sp³-hybridized carbons (Fsp3) is 0.467. The highest BCUT2D eigenvalue weighted by atomic mass is 16.8. The lowest BCUT2D eigenvalue weighted by Gasteiger charge is -2.26. The first-order chi connectivity index (χ1) is 11.5. The van der Waals surface area contributed by atoms with Crippen LogP contribution in [0.25, 0.3) is 0 Å². The molecule has 1 aliphatic rings. The number of esters is 1. The second-order valence-electron chi connectivity index (χ2n) is 5.37. The smallest absolute Gasteiger partial charge is 0.341 e. The van der Waals surface area contributed by atoms with Gasteiger partial charge in [-0.2, -0.15) is 0 Å². The van der Waals surface area contributed by atoms with Gasteiger partial charge in [0.25, 0.3) is 6.29 Å². The van der Waals surface area contributed by atoms with Crippen LogP contribution in [0, 0.1) is 11.1 Å². The predicted molar refractivity (Wildman–Crippen MR) is 80.4 cm³/mol. The summed E-state index contributed by atoms with van der Waals surface area (Å²) in [5.74, 6) is -2.16. The molecule has 1 fully saturated rings. The van der Waals surface area contributed by atoms with Gasteiger partial charge in [-0.05, 0) is 25.0 Å². The SMILES string of the molecule is CC(O/N=[N+](\[O-])N1CCCC(C(=O)O)C1)OC(=O)c1ccccc1. The number of benzene rings is 1. The summed E-state index contributed by atoms with van der Waals surface area (Å²) in [4.78, 5) is 27.8. The Morgan fingerprint density at radius 1 is 1.42 bits per heavy atom. The number of hydrogen-bond acceptors (Lipinski definition) is 6. The Kier molecular flexibility index (Phi) is 5.94. The Bertz CT molecular complexity index is 606. The van der Waals surface area contributed by atoms with E-state index in [4.69, 9.17) is 14.7 Å². The second-order valence-corrected chi connectivity index (χ2v) is 5.37. The Hall–Kier alpha value is -2.84. The first-order valence-corrected chi connectivity index (χ1v) is 7.55.